The largest absolute Gasteiger partial charge is 0.373 e. The molecule has 0 aromatic heterocycles. The van der Waals surface area contributed by atoms with Gasteiger partial charge >= 0.3 is 0 Å². The maximum atomic E-state index is 12.0. The van der Waals surface area contributed by atoms with E-state index in [9.17, 15) is 4.79 Å². The first-order valence-electron chi connectivity index (χ1n) is 7.81. The van der Waals surface area contributed by atoms with Crippen LogP contribution in [0.15, 0.2) is 30.3 Å². The molecule has 22 heavy (non-hydrogen) atoms. The van der Waals surface area contributed by atoms with Crippen LogP contribution in [0.1, 0.15) is 31.4 Å². The van der Waals surface area contributed by atoms with Gasteiger partial charge in [-0.25, -0.2) is 0 Å². The van der Waals surface area contributed by atoms with Crippen molar-refractivity contribution < 1.29 is 9.53 Å². The molecule has 0 radical (unpaired) electrons. The van der Waals surface area contributed by atoms with Crippen LogP contribution in [0.5, 0.6) is 0 Å². The Morgan fingerprint density at radius 2 is 2.09 bits per heavy atom. The van der Waals surface area contributed by atoms with Gasteiger partial charge < -0.3 is 15.4 Å². The number of hydrogen-bond donors (Lipinski definition) is 2. The van der Waals surface area contributed by atoms with Crippen molar-refractivity contribution >= 4 is 18.3 Å². The Kier molecular flexibility index (Phi) is 8.46. The highest BCUT2D eigenvalue weighted by molar-refractivity contribution is 5.85. The Morgan fingerprint density at radius 3 is 2.77 bits per heavy atom. The Bertz CT molecular complexity index is 442. The summed E-state index contributed by atoms with van der Waals surface area (Å²) in [6.07, 6.45) is 2.26. The van der Waals surface area contributed by atoms with Gasteiger partial charge in [0.1, 0.15) is 0 Å². The molecule has 3 atom stereocenters. The van der Waals surface area contributed by atoms with Crippen molar-refractivity contribution in [2.24, 2.45) is 11.8 Å². The fourth-order valence-electron chi connectivity index (χ4n) is 2.87. The first kappa shape index (κ1) is 18.9. The van der Waals surface area contributed by atoms with Gasteiger partial charge in [0.05, 0.1) is 6.10 Å². The Labute approximate surface area is 139 Å². The van der Waals surface area contributed by atoms with Crippen molar-refractivity contribution in [2.45, 2.75) is 25.9 Å². The van der Waals surface area contributed by atoms with Gasteiger partial charge in [-0.2, -0.15) is 0 Å². The number of nitrogens with one attached hydrogen (secondary N) is 2. The number of rotatable bonds is 6. The minimum absolute atomic E-state index is 0. The van der Waals surface area contributed by atoms with Gasteiger partial charge in [-0.15, -0.1) is 12.4 Å². The van der Waals surface area contributed by atoms with Crippen LogP contribution in [0.4, 0.5) is 0 Å². The average molecular weight is 327 g/mol. The minimum Gasteiger partial charge on any atom is -0.373 e. The predicted molar refractivity (Wildman–Crippen MR) is 91.2 cm³/mol. The van der Waals surface area contributed by atoms with Gasteiger partial charge in [-0.05, 0) is 25.5 Å². The monoisotopic (exact) mass is 326 g/mol. The summed E-state index contributed by atoms with van der Waals surface area (Å²) in [5, 5.41) is 6.11. The first-order chi connectivity index (χ1) is 10.2. The van der Waals surface area contributed by atoms with Crippen molar-refractivity contribution in [3.8, 4) is 0 Å². The molecular weight excluding hydrogens is 300 g/mol. The molecule has 2 N–H and O–H groups in total. The summed E-state index contributed by atoms with van der Waals surface area (Å²) in [6.45, 7) is 4.14. The Morgan fingerprint density at radius 1 is 1.36 bits per heavy atom. The number of ether oxygens (including phenoxy) is 1. The van der Waals surface area contributed by atoms with Crippen LogP contribution in [0.2, 0.25) is 0 Å². The van der Waals surface area contributed by atoms with Crippen LogP contribution >= 0.6 is 12.4 Å². The summed E-state index contributed by atoms with van der Waals surface area (Å²) in [5.74, 6) is 0.461. The number of hydrogen-bond acceptors (Lipinski definition) is 3. The highest BCUT2D eigenvalue weighted by atomic mass is 35.5. The van der Waals surface area contributed by atoms with Gasteiger partial charge in [-0.3, -0.25) is 4.79 Å². The Hall–Kier alpha value is -1.10. The molecule has 0 aliphatic carbocycles. The zero-order valence-electron chi connectivity index (χ0n) is 13.4. The van der Waals surface area contributed by atoms with E-state index in [0.717, 1.165) is 19.4 Å². The molecule has 2 rings (SSSR count). The average Bonchev–Trinajstić information content (AvgIpc) is 2.54. The van der Waals surface area contributed by atoms with E-state index in [2.05, 4.69) is 22.8 Å². The van der Waals surface area contributed by atoms with Crippen molar-refractivity contribution in [2.75, 3.05) is 26.7 Å². The number of carbonyl (C=O) groups is 1. The third kappa shape index (κ3) is 5.27. The van der Waals surface area contributed by atoms with Crippen LogP contribution < -0.4 is 10.6 Å². The van der Waals surface area contributed by atoms with E-state index in [-0.39, 0.29) is 30.3 Å². The smallest absolute Gasteiger partial charge is 0.224 e. The van der Waals surface area contributed by atoms with Crippen molar-refractivity contribution in [3.63, 3.8) is 0 Å². The second-order valence-corrected chi connectivity index (χ2v) is 5.81. The van der Waals surface area contributed by atoms with Crippen molar-refractivity contribution in [1.82, 2.24) is 10.6 Å². The van der Waals surface area contributed by atoms with Gasteiger partial charge in [0.25, 0.3) is 0 Å². The molecule has 1 aromatic carbocycles. The van der Waals surface area contributed by atoms with E-state index in [1.54, 1.807) is 0 Å². The maximum Gasteiger partial charge on any atom is 0.224 e. The first-order valence-corrected chi connectivity index (χ1v) is 7.81. The normalized spacial score (nSPS) is 22.5. The fourth-order valence-corrected chi connectivity index (χ4v) is 2.87. The van der Waals surface area contributed by atoms with Crippen molar-refractivity contribution in [1.29, 1.82) is 0 Å². The second kappa shape index (κ2) is 9.82. The molecule has 1 heterocycles. The van der Waals surface area contributed by atoms with E-state index >= 15 is 0 Å². The maximum absolute atomic E-state index is 12.0. The van der Waals surface area contributed by atoms with Gasteiger partial charge in [-0.1, -0.05) is 37.3 Å². The van der Waals surface area contributed by atoms with Crippen LogP contribution in [-0.2, 0) is 9.53 Å². The summed E-state index contributed by atoms with van der Waals surface area (Å²) in [4.78, 5) is 12.0. The molecule has 1 aromatic rings. The summed E-state index contributed by atoms with van der Waals surface area (Å²) in [6, 6.07) is 10.3. The lowest BCUT2D eigenvalue weighted by molar-refractivity contribution is -0.125. The summed E-state index contributed by atoms with van der Waals surface area (Å²) in [7, 11) is 1.87. The second-order valence-electron chi connectivity index (χ2n) is 5.81. The number of halogens is 1. The molecule has 0 saturated carbocycles. The molecule has 3 unspecified atom stereocenters. The molecule has 1 amide bonds. The van der Waals surface area contributed by atoms with Gasteiger partial charge in [0.15, 0.2) is 0 Å². The third-order valence-electron chi connectivity index (χ3n) is 4.07. The van der Waals surface area contributed by atoms with E-state index < -0.39 is 0 Å². The number of carbonyl (C=O) groups excluding carboxylic acids is 1. The molecule has 1 fully saturated rings. The third-order valence-corrected chi connectivity index (χ3v) is 4.07. The van der Waals surface area contributed by atoms with Crippen molar-refractivity contribution in [3.05, 3.63) is 35.9 Å². The summed E-state index contributed by atoms with van der Waals surface area (Å²) >= 11 is 0. The fraction of sp³-hybridized carbons (Fsp3) is 0.588. The molecular formula is C17H27ClN2O2. The highest BCUT2D eigenvalue weighted by Gasteiger charge is 2.28. The van der Waals surface area contributed by atoms with Crippen LogP contribution in [-0.4, -0.2) is 32.7 Å². The lowest BCUT2D eigenvalue weighted by Crippen LogP contribution is -2.39. The summed E-state index contributed by atoms with van der Waals surface area (Å²) in [5.41, 5.74) is 1.21. The Balaban J connectivity index is 0.00000242. The molecule has 1 saturated heterocycles. The molecule has 0 spiro atoms. The van der Waals surface area contributed by atoms with Gasteiger partial charge in [0.2, 0.25) is 5.91 Å². The lowest BCUT2D eigenvalue weighted by atomic mass is 9.89. The van der Waals surface area contributed by atoms with Crippen LogP contribution in [0, 0.1) is 11.8 Å². The summed E-state index contributed by atoms with van der Waals surface area (Å²) < 4.78 is 5.95. The molecule has 5 heteroatoms. The number of amides is 1. The molecule has 0 bridgehead atoms. The topological polar surface area (TPSA) is 50.4 Å². The highest BCUT2D eigenvalue weighted by Crippen LogP contribution is 2.33. The van der Waals surface area contributed by atoms with E-state index in [1.807, 2.05) is 32.2 Å². The standard InChI is InChI=1S/C17H26N2O2.ClH/c1-13(11-18-2)17(20)19-12-15-9-6-10-21-16(15)14-7-4-3-5-8-14;/h3-5,7-8,13,15-16,18H,6,9-12H2,1-2H3,(H,19,20);1H. The van der Waals surface area contributed by atoms with Gasteiger partial charge in [0, 0.05) is 31.5 Å². The van der Waals surface area contributed by atoms with Crippen LogP contribution in [0.3, 0.4) is 0 Å². The van der Waals surface area contributed by atoms with E-state index in [0.29, 0.717) is 19.0 Å². The molecule has 1 aliphatic heterocycles. The van der Waals surface area contributed by atoms with E-state index in [4.69, 9.17) is 4.74 Å². The van der Waals surface area contributed by atoms with E-state index in [1.165, 1.54) is 5.56 Å². The molecule has 124 valence electrons. The number of benzene rings is 1. The molecule has 4 nitrogen and oxygen atoms in total. The lowest BCUT2D eigenvalue weighted by Gasteiger charge is -2.32. The zero-order valence-corrected chi connectivity index (χ0v) is 14.2. The SMILES string of the molecule is CNCC(C)C(=O)NCC1CCCOC1c1ccccc1.Cl. The predicted octanol–water partition coefficient (Wildman–Crippen LogP) is 2.55. The van der Waals surface area contributed by atoms with Crippen LogP contribution in [0.25, 0.3) is 0 Å². The zero-order chi connectivity index (χ0) is 15.1. The quantitative estimate of drug-likeness (QED) is 0.844. The molecule has 1 aliphatic rings. The minimum atomic E-state index is -0.00492.